The quantitative estimate of drug-likeness (QED) is 0.842. The predicted molar refractivity (Wildman–Crippen MR) is 78.5 cm³/mol. The van der Waals surface area contributed by atoms with E-state index in [1.807, 2.05) is 0 Å². The van der Waals surface area contributed by atoms with Crippen molar-refractivity contribution >= 4 is 31.6 Å². The normalized spacial score (nSPS) is 11.6. The first kappa shape index (κ1) is 15.2. The second-order valence-corrected chi connectivity index (χ2v) is 6.95. The Morgan fingerprint density at radius 1 is 1.39 bits per heavy atom. The fourth-order valence-electron chi connectivity index (χ4n) is 1.41. The van der Waals surface area contributed by atoms with E-state index in [-0.39, 0.29) is 10.9 Å². The van der Waals surface area contributed by atoms with E-state index >= 15 is 0 Å². The third kappa shape index (κ3) is 4.44. The van der Waals surface area contributed by atoms with Gasteiger partial charge in [-0.25, -0.2) is 13.1 Å². The van der Waals surface area contributed by atoms with Gasteiger partial charge in [0, 0.05) is 17.1 Å². The van der Waals surface area contributed by atoms with Crippen molar-refractivity contribution in [3.8, 4) is 0 Å². The number of sulfonamides is 1. The molecular formula is C12H17BrN2O2S. The Morgan fingerprint density at radius 2 is 2.00 bits per heavy atom. The Kier molecular flexibility index (Phi) is 5.37. The third-order valence-corrected chi connectivity index (χ3v) is 4.04. The van der Waals surface area contributed by atoms with Gasteiger partial charge in [0.1, 0.15) is 4.90 Å². The van der Waals surface area contributed by atoms with E-state index in [1.165, 1.54) is 0 Å². The molecule has 0 amide bonds. The average Bonchev–Trinajstić information content (AvgIpc) is 2.25. The molecule has 0 aromatic heterocycles. The van der Waals surface area contributed by atoms with Gasteiger partial charge in [-0.2, -0.15) is 0 Å². The van der Waals surface area contributed by atoms with Gasteiger partial charge < -0.3 is 5.32 Å². The van der Waals surface area contributed by atoms with Gasteiger partial charge in [-0.15, -0.1) is 0 Å². The molecular weight excluding hydrogens is 316 g/mol. The molecule has 0 radical (unpaired) electrons. The highest BCUT2D eigenvalue weighted by Gasteiger charge is 2.18. The van der Waals surface area contributed by atoms with Crippen molar-refractivity contribution in [3.63, 3.8) is 0 Å². The first-order valence-electron chi connectivity index (χ1n) is 5.51. The molecule has 0 spiro atoms. The van der Waals surface area contributed by atoms with Gasteiger partial charge in [-0.1, -0.05) is 34.6 Å². The van der Waals surface area contributed by atoms with E-state index in [1.54, 1.807) is 38.1 Å². The summed E-state index contributed by atoms with van der Waals surface area (Å²) in [4.78, 5) is 0.243. The van der Waals surface area contributed by atoms with Crippen molar-refractivity contribution in [3.05, 3.63) is 35.3 Å². The van der Waals surface area contributed by atoms with Crippen molar-refractivity contribution in [2.45, 2.75) is 24.8 Å². The highest BCUT2D eigenvalue weighted by Crippen LogP contribution is 2.21. The van der Waals surface area contributed by atoms with Gasteiger partial charge in [-0.3, -0.25) is 0 Å². The second-order valence-electron chi connectivity index (χ2n) is 4.14. The zero-order chi connectivity index (χ0) is 13.8. The number of nitrogens with one attached hydrogen (secondary N) is 2. The molecule has 0 heterocycles. The number of rotatable bonds is 6. The van der Waals surface area contributed by atoms with E-state index in [9.17, 15) is 8.42 Å². The molecule has 0 saturated carbocycles. The Balaban J connectivity index is 3.05. The number of para-hydroxylation sites is 1. The number of hydrogen-bond donors (Lipinski definition) is 2. The third-order valence-electron chi connectivity index (χ3n) is 2.04. The first-order valence-corrected chi connectivity index (χ1v) is 7.79. The standard InChI is InChI=1S/C12H17BrN2O2S/c1-9(2)15-18(16,17)12-7-5-4-6-11(12)14-8-10(3)13/h4-7,9,14-15H,3,8H2,1-2H3. The number of anilines is 1. The molecule has 4 nitrogen and oxygen atoms in total. The van der Waals surface area contributed by atoms with Gasteiger partial charge in [0.25, 0.3) is 0 Å². The lowest BCUT2D eigenvalue weighted by Gasteiger charge is -2.14. The number of benzene rings is 1. The zero-order valence-corrected chi connectivity index (χ0v) is 12.8. The highest BCUT2D eigenvalue weighted by atomic mass is 79.9. The topological polar surface area (TPSA) is 58.2 Å². The number of hydrogen-bond acceptors (Lipinski definition) is 3. The van der Waals surface area contributed by atoms with Crippen LogP contribution in [0.15, 0.2) is 40.2 Å². The largest absolute Gasteiger partial charge is 0.379 e. The van der Waals surface area contributed by atoms with Crippen molar-refractivity contribution in [2.75, 3.05) is 11.9 Å². The molecule has 100 valence electrons. The molecule has 1 rings (SSSR count). The summed E-state index contributed by atoms with van der Waals surface area (Å²) in [6, 6.07) is 6.64. The smallest absolute Gasteiger partial charge is 0.242 e. The van der Waals surface area contributed by atoms with Gasteiger partial charge >= 0.3 is 0 Å². The molecule has 6 heteroatoms. The van der Waals surface area contributed by atoms with E-state index in [4.69, 9.17) is 0 Å². The lowest BCUT2D eigenvalue weighted by Crippen LogP contribution is -2.30. The fraction of sp³-hybridized carbons (Fsp3) is 0.333. The van der Waals surface area contributed by atoms with Crippen LogP contribution in [0.5, 0.6) is 0 Å². The maximum Gasteiger partial charge on any atom is 0.242 e. The first-order chi connectivity index (χ1) is 8.33. The lowest BCUT2D eigenvalue weighted by molar-refractivity contribution is 0.570. The van der Waals surface area contributed by atoms with Crippen molar-refractivity contribution in [1.82, 2.24) is 4.72 Å². The summed E-state index contributed by atoms with van der Waals surface area (Å²) in [5, 5.41) is 3.03. The van der Waals surface area contributed by atoms with Crippen LogP contribution in [-0.4, -0.2) is 21.0 Å². The van der Waals surface area contributed by atoms with Crippen molar-refractivity contribution < 1.29 is 8.42 Å². The predicted octanol–water partition coefficient (Wildman–Crippen LogP) is 2.69. The fourth-order valence-corrected chi connectivity index (χ4v) is 2.99. The van der Waals surface area contributed by atoms with Crippen LogP contribution in [-0.2, 0) is 10.0 Å². The minimum absolute atomic E-state index is 0.144. The van der Waals surface area contributed by atoms with Crippen LogP contribution in [0.3, 0.4) is 0 Å². The molecule has 0 saturated heterocycles. The Labute approximate surface area is 117 Å². The maximum absolute atomic E-state index is 12.1. The summed E-state index contributed by atoms with van der Waals surface area (Å²) in [7, 11) is -3.50. The molecule has 0 bridgehead atoms. The Morgan fingerprint density at radius 3 is 2.56 bits per heavy atom. The summed E-state index contributed by atoms with van der Waals surface area (Å²) in [5.74, 6) is 0. The van der Waals surface area contributed by atoms with E-state index in [0.29, 0.717) is 12.2 Å². The minimum Gasteiger partial charge on any atom is -0.379 e. The monoisotopic (exact) mass is 332 g/mol. The summed E-state index contributed by atoms with van der Waals surface area (Å²) in [6.45, 7) is 7.74. The molecule has 0 atom stereocenters. The molecule has 0 aliphatic heterocycles. The minimum atomic E-state index is -3.50. The van der Waals surface area contributed by atoms with E-state index in [0.717, 1.165) is 4.48 Å². The zero-order valence-electron chi connectivity index (χ0n) is 10.4. The molecule has 0 fully saturated rings. The molecule has 1 aromatic carbocycles. The lowest BCUT2D eigenvalue weighted by atomic mass is 10.3. The molecule has 1 aromatic rings. The van der Waals surface area contributed by atoms with Crippen LogP contribution in [0.2, 0.25) is 0 Å². The van der Waals surface area contributed by atoms with E-state index < -0.39 is 10.0 Å². The SMILES string of the molecule is C=C(Br)CNc1ccccc1S(=O)(=O)NC(C)C. The number of halogens is 1. The Bertz CT molecular complexity index is 527. The molecule has 0 aliphatic rings. The summed E-state index contributed by atoms with van der Waals surface area (Å²) in [5.41, 5.74) is 0.561. The van der Waals surface area contributed by atoms with Crippen LogP contribution < -0.4 is 10.0 Å². The highest BCUT2D eigenvalue weighted by molar-refractivity contribution is 9.11. The molecule has 0 unspecified atom stereocenters. The van der Waals surface area contributed by atoms with E-state index in [2.05, 4.69) is 32.5 Å². The average molecular weight is 333 g/mol. The van der Waals surface area contributed by atoms with Gasteiger partial charge in [0.15, 0.2) is 0 Å². The molecule has 18 heavy (non-hydrogen) atoms. The van der Waals surface area contributed by atoms with Crippen LogP contribution >= 0.6 is 15.9 Å². The van der Waals surface area contributed by atoms with Crippen molar-refractivity contribution in [1.29, 1.82) is 0 Å². The Hall–Kier alpha value is -0.850. The maximum atomic E-state index is 12.1. The van der Waals surface area contributed by atoms with Crippen molar-refractivity contribution in [2.24, 2.45) is 0 Å². The van der Waals surface area contributed by atoms with Gasteiger partial charge in [0.2, 0.25) is 10.0 Å². The molecule has 2 N–H and O–H groups in total. The van der Waals surface area contributed by atoms with Crippen LogP contribution in [0.1, 0.15) is 13.8 Å². The second kappa shape index (κ2) is 6.36. The summed E-state index contributed by atoms with van der Waals surface area (Å²) >= 11 is 3.23. The van der Waals surface area contributed by atoms with Gasteiger partial charge in [0.05, 0.1) is 5.69 Å². The van der Waals surface area contributed by atoms with Crippen LogP contribution in [0.25, 0.3) is 0 Å². The van der Waals surface area contributed by atoms with Crippen LogP contribution in [0.4, 0.5) is 5.69 Å². The van der Waals surface area contributed by atoms with Crippen LogP contribution in [0, 0.1) is 0 Å². The summed E-state index contributed by atoms with van der Waals surface area (Å²) < 4.78 is 27.6. The van der Waals surface area contributed by atoms with Gasteiger partial charge in [-0.05, 0) is 26.0 Å². The molecule has 0 aliphatic carbocycles. The summed E-state index contributed by atoms with van der Waals surface area (Å²) in [6.07, 6.45) is 0.